The van der Waals surface area contributed by atoms with E-state index in [1.807, 2.05) is 13.8 Å². The lowest BCUT2D eigenvalue weighted by molar-refractivity contribution is 1.36. The maximum absolute atomic E-state index is 2.12. The SMILES string of the molecule is C/C=C\C/C=C/C. The van der Waals surface area contributed by atoms with Gasteiger partial charge in [0.2, 0.25) is 0 Å². The second-order valence-corrected chi connectivity index (χ2v) is 1.37. The summed E-state index contributed by atoms with van der Waals surface area (Å²) in [6.45, 7) is 4.06. The molecule has 0 N–H and O–H groups in total. The van der Waals surface area contributed by atoms with E-state index in [1.165, 1.54) is 0 Å². The van der Waals surface area contributed by atoms with E-state index in [2.05, 4.69) is 24.3 Å². The molecule has 0 aromatic heterocycles. The van der Waals surface area contributed by atoms with Gasteiger partial charge >= 0.3 is 0 Å². The Morgan fingerprint density at radius 2 is 1.43 bits per heavy atom. The predicted octanol–water partition coefficient (Wildman–Crippen LogP) is 2.53. The molecule has 0 amide bonds. The van der Waals surface area contributed by atoms with Crippen molar-refractivity contribution in [3.63, 3.8) is 0 Å². The van der Waals surface area contributed by atoms with Crippen LogP contribution in [0.4, 0.5) is 0 Å². The summed E-state index contributed by atoms with van der Waals surface area (Å²) in [4.78, 5) is 0. The molecule has 0 heterocycles. The van der Waals surface area contributed by atoms with Gasteiger partial charge in [0.1, 0.15) is 0 Å². The Labute approximate surface area is 45.5 Å². The van der Waals surface area contributed by atoms with Crippen molar-refractivity contribution in [2.45, 2.75) is 20.3 Å². The monoisotopic (exact) mass is 96.1 g/mol. The number of hydrogen-bond donors (Lipinski definition) is 0. The Kier molecular flexibility index (Phi) is 5.07. The van der Waals surface area contributed by atoms with Crippen LogP contribution in [0.3, 0.4) is 0 Å². The Balaban J connectivity index is 2.98. The highest BCUT2D eigenvalue weighted by atomic mass is 13.7. The van der Waals surface area contributed by atoms with Crippen LogP contribution in [0.15, 0.2) is 24.3 Å². The van der Waals surface area contributed by atoms with Gasteiger partial charge in [-0.05, 0) is 20.3 Å². The van der Waals surface area contributed by atoms with E-state index in [-0.39, 0.29) is 0 Å². The van der Waals surface area contributed by atoms with Crippen molar-refractivity contribution in [2.75, 3.05) is 0 Å². The van der Waals surface area contributed by atoms with Crippen molar-refractivity contribution in [1.29, 1.82) is 0 Å². The fourth-order valence-electron chi connectivity index (χ4n) is 0.351. The first-order valence-corrected chi connectivity index (χ1v) is 2.64. The molecule has 40 valence electrons. The van der Waals surface area contributed by atoms with Gasteiger partial charge in [-0.25, -0.2) is 0 Å². The first-order chi connectivity index (χ1) is 3.41. The lowest BCUT2D eigenvalue weighted by Crippen LogP contribution is -1.52. The Bertz CT molecular complexity index is 58.1. The molecule has 0 radical (unpaired) electrons. The van der Waals surface area contributed by atoms with E-state index >= 15 is 0 Å². The fraction of sp³-hybridized carbons (Fsp3) is 0.429. The summed E-state index contributed by atoms with van der Waals surface area (Å²) in [6.07, 6.45) is 9.44. The van der Waals surface area contributed by atoms with Crippen molar-refractivity contribution in [3.05, 3.63) is 24.3 Å². The molecule has 0 heteroatoms. The molecule has 0 aliphatic carbocycles. The molecule has 0 aromatic rings. The maximum atomic E-state index is 2.12. The van der Waals surface area contributed by atoms with E-state index in [4.69, 9.17) is 0 Å². The summed E-state index contributed by atoms with van der Waals surface area (Å²) in [5.41, 5.74) is 0. The zero-order chi connectivity index (χ0) is 5.54. The minimum atomic E-state index is 1.08. The van der Waals surface area contributed by atoms with Crippen molar-refractivity contribution in [1.82, 2.24) is 0 Å². The molecular weight excluding hydrogens is 84.1 g/mol. The van der Waals surface area contributed by atoms with Crippen molar-refractivity contribution >= 4 is 0 Å². The molecule has 0 aliphatic rings. The molecule has 0 bridgehead atoms. The summed E-state index contributed by atoms with van der Waals surface area (Å²) in [7, 11) is 0. The van der Waals surface area contributed by atoms with Crippen LogP contribution in [0.2, 0.25) is 0 Å². The smallest absolute Gasteiger partial charge is 0.0169 e. The first kappa shape index (κ1) is 6.48. The molecule has 0 fully saturated rings. The maximum Gasteiger partial charge on any atom is -0.0169 e. The minimum Gasteiger partial charge on any atom is -0.0914 e. The highest BCUT2D eigenvalue weighted by Gasteiger charge is 1.61. The Morgan fingerprint density at radius 1 is 1.00 bits per heavy atom. The lowest BCUT2D eigenvalue weighted by Gasteiger charge is -1.73. The molecule has 0 unspecified atom stereocenters. The number of rotatable bonds is 2. The third-order valence-corrected chi connectivity index (χ3v) is 0.744. The van der Waals surface area contributed by atoms with Gasteiger partial charge in [-0.1, -0.05) is 24.3 Å². The second kappa shape index (κ2) is 5.48. The summed E-state index contributed by atoms with van der Waals surface area (Å²) >= 11 is 0. The third kappa shape index (κ3) is 5.48. The van der Waals surface area contributed by atoms with E-state index in [0.29, 0.717) is 0 Å². The van der Waals surface area contributed by atoms with Gasteiger partial charge in [0, 0.05) is 0 Å². The number of allylic oxidation sites excluding steroid dienone is 4. The molecule has 0 spiro atoms. The largest absolute Gasteiger partial charge is 0.0914 e. The highest BCUT2D eigenvalue weighted by Crippen LogP contribution is 1.82. The van der Waals surface area contributed by atoms with Gasteiger partial charge in [-0.15, -0.1) is 0 Å². The molecule has 0 nitrogen and oxygen atoms in total. The van der Waals surface area contributed by atoms with Crippen LogP contribution in [0.5, 0.6) is 0 Å². The number of hydrogen-bond acceptors (Lipinski definition) is 0. The van der Waals surface area contributed by atoms with Crippen LogP contribution in [-0.2, 0) is 0 Å². The van der Waals surface area contributed by atoms with Crippen LogP contribution in [-0.4, -0.2) is 0 Å². The molecular formula is C7H12. The second-order valence-electron chi connectivity index (χ2n) is 1.37. The Morgan fingerprint density at radius 3 is 1.71 bits per heavy atom. The zero-order valence-corrected chi connectivity index (χ0v) is 5.02. The van der Waals surface area contributed by atoms with E-state index < -0.39 is 0 Å². The fourth-order valence-corrected chi connectivity index (χ4v) is 0.351. The van der Waals surface area contributed by atoms with E-state index in [1.54, 1.807) is 0 Å². The summed E-state index contributed by atoms with van der Waals surface area (Å²) in [5, 5.41) is 0. The molecule has 0 aliphatic heterocycles. The van der Waals surface area contributed by atoms with Gasteiger partial charge < -0.3 is 0 Å². The molecule has 0 atom stereocenters. The van der Waals surface area contributed by atoms with Crippen LogP contribution in [0.25, 0.3) is 0 Å². The lowest BCUT2D eigenvalue weighted by atomic mass is 10.3. The standard InChI is InChI=1S/C7H12/c1-3-5-7-6-4-2/h3-6H,7H2,1-2H3/b5-3-,6-4+. The predicted molar refractivity (Wildman–Crippen MR) is 34.2 cm³/mol. The van der Waals surface area contributed by atoms with Crippen LogP contribution < -0.4 is 0 Å². The van der Waals surface area contributed by atoms with E-state index in [0.717, 1.165) is 6.42 Å². The van der Waals surface area contributed by atoms with Crippen LogP contribution >= 0.6 is 0 Å². The molecule has 0 aromatic carbocycles. The topological polar surface area (TPSA) is 0 Å². The Hall–Kier alpha value is -0.520. The highest BCUT2D eigenvalue weighted by molar-refractivity contribution is 4.88. The van der Waals surface area contributed by atoms with Gasteiger partial charge in [0.15, 0.2) is 0 Å². The van der Waals surface area contributed by atoms with Crippen molar-refractivity contribution in [3.8, 4) is 0 Å². The summed E-state index contributed by atoms with van der Waals surface area (Å²) in [6, 6.07) is 0. The van der Waals surface area contributed by atoms with Crippen molar-refractivity contribution in [2.24, 2.45) is 0 Å². The minimum absolute atomic E-state index is 1.08. The molecule has 0 saturated carbocycles. The van der Waals surface area contributed by atoms with Crippen LogP contribution in [0.1, 0.15) is 20.3 Å². The average molecular weight is 96.2 g/mol. The average Bonchev–Trinajstić information content (AvgIpc) is 1.69. The normalized spacial score (nSPS) is 11.7. The quantitative estimate of drug-likeness (QED) is 0.463. The van der Waals surface area contributed by atoms with Gasteiger partial charge in [-0.3, -0.25) is 0 Å². The van der Waals surface area contributed by atoms with Gasteiger partial charge in [0.05, 0.1) is 0 Å². The molecule has 0 rings (SSSR count). The summed E-state index contributed by atoms with van der Waals surface area (Å²) < 4.78 is 0. The van der Waals surface area contributed by atoms with Crippen molar-refractivity contribution < 1.29 is 0 Å². The van der Waals surface area contributed by atoms with Gasteiger partial charge in [0.25, 0.3) is 0 Å². The third-order valence-electron chi connectivity index (χ3n) is 0.744. The summed E-state index contributed by atoms with van der Waals surface area (Å²) in [5.74, 6) is 0. The molecule has 7 heavy (non-hydrogen) atoms. The van der Waals surface area contributed by atoms with E-state index in [9.17, 15) is 0 Å². The van der Waals surface area contributed by atoms with Crippen LogP contribution in [0, 0.1) is 0 Å². The van der Waals surface area contributed by atoms with Gasteiger partial charge in [-0.2, -0.15) is 0 Å². The first-order valence-electron chi connectivity index (χ1n) is 2.64. The zero-order valence-electron chi connectivity index (χ0n) is 5.02. The molecule has 0 saturated heterocycles.